The van der Waals surface area contributed by atoms with E-state index >= 15 is 0 Å². The third-order valence-corrected chi connectivity index (χ3v) is 5.84. The van der Waals surface area contributed by atoms with Crippen molar-refractivity contribution in [2.45, 2.75) is 48.9 Å². The van der Waals surface area contributed by atoms with Gasteiger partial charge in [0, 0.05) is 19.4 Å². The summed E-state index contributed by atoms with van der Waals surface area (Å²) in [5, 5.41) is 0. The van der Waals surface area contributed by atoms with Crippen LogP contribution < -0.4 is 9.46 Å². The number of sulfonamides is 1. The number of methoxy groups -OCH3 is 1. The maximum absolute atomic E-state index is 12.3. The Morgan fingerprint density at radius 1 is 1.22 bits per heavy atom. The van der Waals surface area contributed by atoms with Crippen molar-refractivity contribution in [3.05, 3.63) is 24.3 Å². The molecule has 1 saturated carbocycles. The van der Waals surface area contributed by atoms with Gasteiger partial charge >= 0.3 is 0 Å². The standard InChI is InChI=1S/C16H23NO5S/c1-20-13-5-7-15(8-6-13)23(18,19)17-11-14-12-21-16(22-14)9-3-2-4-10-16/h5-8,14,17H,2-4,9-12H2,1H3/t14-/m1/s1. The van der Waals surface area contributed by atoms with Gasteiger partial charge in [0.1, 0.15) is 5.75 Å². The highest BCUT2D eigenvalue weighted by Gasteiger charge is 2.42. The molecule has 0 radical (unpaired) electrons. The molecule has 0 aromatic heterocycles. The maximum Gasteiger partial charge on any atom is 0.240 e. The molecule has 23 heavy (non-hydrogen) atoms. The van der Waals surface area contributed by atoms with Gasteiger partial charge in [0.25, 0.3) is 0 Å². The fourth-order valence-electron chi connectivity index (χ4n) is 3.11. The van der Waals surface area contributed by atoms with Crippen molar-refractivity contribution in [2.75, 3.05) is 20.3 Å². The first kappa shape index (κ1) is 16.7. The molecular formula is C16H23NO5S. The molecule has 2 aliphatic rings. The Hall–Kier alpha value is -1.15. The quantitative estimate of drug-likeness (QED) is 0.887. The summed E-state index contributed by atoms with van der Waals surface area (Å²) in [6, 6.07) is 6.30. The fraction of sp³-hybridized carbons (Fsp3) is 0.625. The van der Waals surface area contributed by atoms with Crippen molar-refractivity contribution in [3.63, 3.8) is 0 Å². The van der Waals surface area contributed by atoms with Crippen LogP contribution in [0.15, 0.2) is 29.2 Å². The second-order valence-corrected chi connectivity index (χ2v) is 7.82. The molecule has 6 nitrogen and oxygen atoms in total. The van der Waals surface area contributed by atoms with Gasteiger partial charge in [-0.15, -0.1) is 0 Å². The summed E-state index contributed by atoms with van der Waals surface area (Å²) in [4.78, 5) is 0.213. The number of ether oxygens (including phenoxy) is 3. The minimum atomic E-state index is -3.56. The SMILES string of the molecule is COc1ccc(S(=O)(=O)NC[C@@H]2COC3(CCCCC3)O2)cc1. The summed E-state index contributed by atoms with van der Waals surface area (Å²) in [6.45, 7) is 0.654. The molecule has 128 valence electrons. The summed E-state index contributed by atoms with van der Waals surface area (Å²) >= 11 is 0. The number of hydrogen-bond acceptors (Lipinski definition) is 5. The molecule has 0 amide bonds. The highest BCUT2D eigenvalue weighted by atomic mass is 32.2. The Morgan fingerprint density at radius 2 is 1.91 bits per heavy atom. The van der Waals surface area contributed by atoms with E-state index in [4.69, 9.17) is 14.2 Å². The van der Waals surface area contributed by atoms with Crippen LogP contribution in [0.1, 0.15) is 32.1 Å². The van der Waals surface area contributed by atoms with E-state index in [1.54, 1.807) is 19.2 Å². The van der Waals surface area contributed by atoms with Crippen LogP contribution in [0, 0.1) is 0 Å². The molecule has 3 rings (SSSR count). The maximum atomic E-state index is 12.3. The molecule has 1 saturated heterocycles. The van der Waals surface area contributed by atoms with Gasteiger partial charge in [-0.3, -0.25) is 0 Å². The molecule has 0 unspecified atom stereocenters. The van der Waals surface area contributed by atoms with Crippen molar-refractivity contribution in [1.29, 1.82) is 0 Å². The van der Waals surface area contributed by atoms with E-state index in [0.717, 1.165) is 25.7 Å². The van der Waals surface area contributed by atoms with Gasteiger partial charge < -0.3 is 14.2 Å². The van der Waals surface area contributed by atoms with Crippen LogP contribution in [-0.4, -0.2) is 40.6 Å². The van der Waals surface area contributed by atoms with Crippen molar-refractivity contribution in [1.82, 2.24) is 4.72 Å². The van der Waals surface area contributed by atoms with Gasteiger partial charge in [0.05, 0.1) is 24.7 Å². The summed E-state index contributed by atoms with van der Waals surface area (Å²) in [6.07, 6.45) is 4.97. The van der Waals surface area contributed by atoms with Gasteiger partial charge in [-0.1, -0.05) is 6.42 Å². The summed E-state index contributed by atoms with van der Waals surface area (Å²) in [5.41, 5.74) is 0. The largest absolute Gasteiger partial charge is 0.497 e. The van der Waals surface area contributed by atoms with Gasteiger partial charge in [0.15, 0.2) is 5.79 Å². The molecule has 0 bridgehead atoms. The highest BCUT2D eigenvalue weighted by molar-refractivity contribution is 7.89. The first-order valence-corrected chi connectivity index (χ1v) is 9.47. The van der Waals surface area contributed by atoms with E-state index < -0.39 is 15.8 Å². The van der Waals surface area contributed by atoms with Crippen LogP contribution >= 0.6 is 0 Å². The summed E-state index contributed by atoms with van der Waals surface area (Å²) in [7, 11) is -2.01. The first-order valence-electron chi connectivity index (χ1n) is 7.99. The second kappa shape index (κ2) is 6.76. The first-order chi connectivity index (χ1) is 11.0. The molecule has 1 atom stereocenters. The third-order valence-electron chi connectivity index (χ3n) is 4.40. The normalized spacial score (nSPS) is 24.0. The van der Waals surface area contributed by atoms with E-state index in [1.165, 1.54) is 18.6 Å². The van der Waals surface area contributed by atoms with Gasteiger partial charge in [-0.05, 0) is 37.1 Å². The average Bonchev–Trinajstić information content (AvgIpc) is 2.96. The second-order valence-electron chi connectivity index (χ2n) is 6.05. The molecule has 1 aliphatic carbocycles. The molecule has 1 aromatic carbocycles. The lowest BCUT2D eigenvalue weighted by Gasteiger charge is -2.31. The number of hydrogen-bond donors (Lipinski definition) is 1. The zero-order valence-corrected chi connectivity index (χ0v) is 14.1. The monoisotopic (exact) mass is 341 g/mol. The molecule has 7 heteroatoms. The van der Waals surface area contributed by atoms with Gasteiger partial charge in [-0.2, -0.15) is 0 Å². The molecule has 1 spiro atoms. The highest BCUT2D eigenvalue weighted by Crippen LogP contribution is 2.37. The van der Waals surface area contributed by atoms with Crippen LogP contribution in [0.4, 0.5) is 0 Å². The predicted octanol–water partition coefficient (Wildman–Crippen LogP) is 2.05. The lowest BCUT2D eigenvalue weighted by Crippen LogP contribution is -2.37. The predicted molar refractivity (Wildman–Crippen MR) is 84.8 cm³/mol. The zero-order chi connectivity index (χ0) is 16.3. The van der Waals surface area contributed by atoms with E-state index in [2.05, 4.69) is 4.72 Å². The third kappa shape index (κ3) is 3.85. The lowest BCUT2D eigenvalue weighted by molar-refractivity contribution is -0.186. The van der Waals surface area contributed by atoms with Crippen molar-refractivity contribution < 1.29 is 22.6 Å². The number of benzene rings is 1. The fourth-order valence-corrected chi connectivity index (χ4v) is 4.18. The number of nitrogens with one attached hydrogen (secondary N) is 1. The van der Waals surface area contributed by atoms with Crippen LogP contribution in [0.5, 0.6) is 5.75 Å². The Balaban J connectivity index is 1.57. The Labute approximate surface area is 137 Å². The Bertz CT molecular complexity index is 622. The topological polar surface area (TPSA) is 73.9 Å². The molecular weight excluding hydrogens is 318 g/mol. The van der Waals surface area contributed by atoms with Crippen molar-refractivity contribution >= 4 is 10.0 Å². The van der Waals surface area contributed by atoms with Gasteiger partial charge in [-0.25, -0.2) is 13.1 Å². The van der Waals surface area contributed by atoms with Crippen molar-refractivity contribution in [2.24, 2.45) is 0 Å². The lowest BCUT2D eigenvalue weighted by atomic mass is 9.94. The average molecular weight is 341 g/mol. The Kier molecular flexibility index (Phi) is 4.91. The summed E-state index contributed by atoms with van der Waals surface area (Å²) in [5.74, 6) is 0.143. The molecule has 2 fully saturated rings. The smallest absolute Gasteiger partial charge is 0.240 e. The molecule has 1 N–H and O–H groups in total. The van der Waals surface area contributed by atoms with E-state index in [0.29, 0.717) is 12.4 Å². The molecule has 1 aliphatic heterocycles. The van der Waals surface area contributed by atoms with Crippen LogP contribution in [0.3, 0.4) is 0 Å². The van der Waals surface area contributed by atoms with Crippen LogP contribution in [-0.2, 0) is 19.5 Å². The molecule has 1 aromatic rings. The van der Waals surface area contributed by atoms with Crippen molar-refractivity contribution in [3.8, 4) is 5.75 Å². The van der Waals surface area contributed by atoms with E-state index in [9.17, 15) is 8.42 Å². The summed E-state index contributed by atoms with van der Waals surface area (Å²) < 4.78 is 44.1. The zero-order valence-electron chi connectivity index (χ0n) is 13.3. The van der Waals surface area contributed by atoms with E-state index in [1.807, 2.05) is 0 Å². The van der Waals surface area contributed by atoms with E-state index in [-0.39, 0.29) is 17.5 Å². The minimum Gasteiger partial charge on any atom is -0.497 e. The van der Waals surface area contributed by atoms with Crippen LogP contribution in [0.2, 0.25) is 0 Å². The number of rotatable bonds is 5. The Morgan fingerprint density at radius 3 is 2.57 bits per heavy atom. The van der Waals surface area contributed by atoms with Crippen LogP contribution in [0.25, 0.3) is 0 Å². The molecule has 1 heterocycles. The minimum absolute atomic E-state index is 0.213. The van der Waals surface area contributed by atoms with Gasteiger partial charge in [0.2, 0.25) is 10.0 Å².